The van der Waals surface area contributed by atoms with Gasteiger partial charge < -0.3 is 27.5 Å². The van der Waals surface area contributed by atoms with E-state index in [0.717, 1.165) is 0 Å². The average molecular weight is 222 g/mol. The third kappa shape index (κ3) is 4.22. The molecule has 0 spiro atoms. The molecule has 0 saturated carbocycles. The van der Waals surface area contributed by atoms with Crippen molar-refractivity contribution in [2.45, 2.75) is 0 Å². The van der Waals surface area contributed by atoms with E-state index in [-0.39, 0.29) is 4.41 Å². The lowest BCUT2D eigenvalue weighted by molar-refractivity contribution is 0.232. The minimum atomic E-state index is -2.98. The molecule has 80 valence electrons. The van der Waals surface area contributed by atoms with Crippen molar-refractivity contribution in [2.24, 2.45) is 33.0 Å². The summed E-state index contributed by atoms with van der Waals surface area (Å²) in [5.74, 6) is -1.06. The lowest BCUT2D eigenvalue weighted by atomic mass is 10.9. The summed E-state index contributed by atoms with van der Waals surface area (Å²) in [6, 6.07) is -1.34. The molecule has 0 rings (SSSR count). The van der Waals surface area contributed by atoms with Crippen molar-refractivity contribution in [3.63, 3.8) is 0 Å². The molecule has 0 fully saturated rings. The topological polar surface area (TPSA) is 189 Å². The van der Waals surface area contributed by atoms with Gasteiger partial charge in [0, 0.05) is 0 Å². The van der Waals surface area contributed by atoms with Crippen LogP contribution in [-0.4, -0.2) is 31.1 Å². The first kappa shape index (κ1) is 12.1. The van der Waals surface area contributed by atoms with Crippen LogP contribution in [-0.2, 0) is 11.3 Å². The number of rotatable bonds is 2. The zero-order valence-corrected chi connectivity index (χ0v) is 7.60. The zero-order valence-electron chi connectivity index (χ0n) is 6.78. The van der Waals surface area contributed by atoms with Gasteiger partial charge in [0.25, 0.3) is 0 Å². The fourth-order valence-electron chi connectivity index (χ4n) is 0.404. The van der Waals surface area contributed by atoms with E-state index in [0.29, 0.717) is 0 Å². The number of primary amides is 1. The minimum Gasteiger partial charge on any atom is -0.754 e. The highest BCUT2D eigenvalue weighted by Crippen LogP contribution is 1.92. The van der Waals surface area contributed by atoms with Crippen LogP contribution in [0.4, 0.5) is 4.79 Å². The van der Waals surface area contributed by atoms with Crippen LogP contribution >= 0.6 is 0 Å². The number of nitrogens with zero attached hydrogens (tertiary/aromatic N) is 3. The van der Waals surface area contributed by atoms with E-state index in [1.807, 2.05) is 0 Å². The van der Waals surface area contributed by atoms with Gasteiger partial charge in [0.2, 0.25) is 5.96 Å². The third-order valence-corrected chi connectivity index (χ3v) is 1.31. The maximum absolute atomic E-state index is 10.4. The average Bonchev–Trinajstić information content (AvgIpc) is 1.97. The van der Waals surface area contributed by atoms with Gasteiger partial charge in [-0.25, -0.2) is 9.00 Å². The predicted molar refractivity (Wildman–Crippen MR) is 47.8 cm³/mol. The lowest BCUT2D eigenvalue weighted by Gasteiger charge is -2.15. The van der Waals surface area contributed by atoms with E-state index < -0.39 is 29.2 Å². The van der Waals surface area contributed by atoms with Crippen LogP contribution in [0, 0.1) is 0 Å². The van der Waals surface area contributed by atoms with Gasteiger partial charge >= 0.3 is 6.03 Å². The molecular formula is C3H8N7O3S-. The summed E-state index contributed by atoms with van der Waals surface area (Å²) in [6.45, 7) is 0. The highest BCUT2D eigenvalue weighted by atomic mass is 32.2. The van der Waals surface area contributed by atoms with Crippen LogP contribution in [0.15, 0.2) is 10.1 Å². The summed E-state index contributed by atoms with van der Waals surface area (Å²) in [4.78, 5) is 13.6. The van der Waals surface area contributed by atoms with E-state index in [2.05, 4.69) is 15.8 Å². The van der Waals surface area contributed by atoms with Crippen molar-refractivity contribution in [3.05, 3.63) is 0 Å². The molecular weight excluding hydrogens is 214 g/mol. The normalized spacial score (nSPS) is 13.1. The van der Waals surface area contributed by atoms with Gasteiger partial charge in [-0.1, -0.05) is 0 Å². The molecule has 1 unspecified atom stereocenters. The molecule has 1 atom stereocenters. The molecule has 10 nitrogen and oxygen atoms in total. The highest BCUT2D eigenvalue weighted by Gasteiger charge is 2.09. The molecule has 0 aromatic carbocycles. The van der Waals surface area contributed by atoms with Gasteiger partial charge in [0.1, 0.15) is 0 Å². The van der Waals surface area contributed by atoms with Gasteiger partial charge in [-0.15, -0.1) is 9.52 Å². The maximum atomic E-state index is 10.4. The smallest absolute Gasteiger partial charge is 0.347 e. The first-order valence-electron chi connectivity index (χ1n) is 2.97. The summed E-state index contributed by atoms with van der Waals surface area (Å²) < 4.78 is 20.5. The first-order valence-corrected chi connectivity index (χ1v) is 4.00. The summed E-state index contributed by atoms with van der Waals surface area (Å²) >= 11 is -2.98. The van der Waals surface area contributed by atoms with Crippen LogP contribution in [0.5, 0.6) is 0 Å². The number of amides is 2. The van der Waals surface area contributed by atoms with Crippen molar-refractivity contribution < 1.29 is 13.6 Å². The molecule has 2 amide bonds. The lowest BCUT2D eigenvalue weighted by Crippen LogP contribution is -2.35. The fourth-order valence-corrected chi connectivity index (χ4v) is 0.701. The fraction of sp³-hybridized carbons (Fsp3) is 0. The van der Waals surface area contributed by atoms with Crippen molar-refractivity contribution in [2.75, 3.05) is 0 Å². The van der Waals surface area contributed by atoms with E-state index in [9.17, 15) is 13.6 Å². The summed E-state index contributed by atoms with van der Waals surface area (Å²) in [5.41, 5.74) is 19.5. The van der Waals surface area contributed by atoms with Gasteiger partial charge in [0.05, 0.1) is 11.3 Å². The molecule has 0 aliphatic rings. The van der Waals surface area contributed by atoms with Gasteiger partial charge in [-0.2, -0.15) is 4.99 Å². The molecule has 0 radical (unpaired) electrons. The highest BCUT2D eigenvalue weighted by molar-refractivity contribution is 7.77. The van der Waals surface area contributed by atoms with Crippen molar-refractivity contribution in [1.29, 1.82) is 0 Å². The zero-order chi connectivity index (χ0) is 11.3. The molecule has 8 N–H and O–H groups in total. The number of guanidine groups is 2. The van der Waals surface area contributed by atoms with E-state index >= 15 is 0 Å². The third-order valence-electron chi connectivity index (χ3n) is 0.767. The predicted octanol–water partition coefficient (Wildman–Crippen LogP) is -3.34. The number of hydrazone groups is 1. The molecule has 0 saturated heterocycles. The Morgan fingerprint density at radius 1 is 1.29 bits per heavy atom. The second-order valence-electron chi connectivity index (χ2n) is 1.82. The van der Waals surface area contributed by atoms with Crippen LogP contribution in [0.1, 0.15) is 0 Å². The van der Waals surface area contributed by atoms with Crippen molar-refractivity contribution >= 4 is 29.2 Å². The second kappa shape index (κ2) is 4.98. The standard InChI is InChI=1S/C3H9N7O3S/c4-1(5)8-2(6)9-10(3(7)11)14(12)13/h(H2,7,11)(H,12,13)(H6,4,5,6,8,9)/p-1. The number of hydrogen-bond acceptors (Lipinski definition) is 4. The van der Waals surface area contributed by atoms with Gasteiger partial charge in [-0.05, 0) is 0 Å². The maximum Gasteiger partial charge on any atom is 0.347 e. The largest absolute Gasteiger partial charge is 0.754 e. The summed E-state index contributed by atoms with van der Waals surface area (Å²) in [7, 11) is 0. The Morgan fingerprint density at radius 2 is 1.79 bits per heavy atom. The number of nitrogens with two attached hydrogens (primary N) is 4. The van der Waals surface area contributed by atoms with Gasteiger partial charge in [-0.3, -0.25) is 0 Å². The summed E-state index contributed by atoms with van der Waals surface area (Å²) in [5, 5.41) is 3.01. The molecule has 0 aliphatic carbocycles. The van der Waals surface area contributed by atoms with Gasteiger partial charge in [0.15, 0.2) is 5.96 Å². The second-order valence-corrected chi connectivity index (χ2v) is 2.60. The minimum absolute atomic E-state index is 0.109. The Labute approximate surface area is 81.0 Å². The molecule has 0 aromatic rings. The SMILES string of the molecule is NC(=O)N(N=C(N)N=C(N)N)S(=O)[O-]. The monoisotopic (exact) mass is 222 g/mol. The number of aliphatic imine (C=N–C) groups is 1. The molecule has 11 heteroatoms. The van der Waals surface area contributed by atoms with Crippen molar-refractivity contribution in [1.82, 2.24) is 4.41 Å². The van der Waals surface area contributed by atoms with Crippen LogP contribution in [0.3, 0.4) is 0 Å². The molecule has 0 bridgehead atoms. The number of hydrogen-bond donors (Lipinski definition) is 4. The quantitative estimate of drug-likeness (QED) is 0.163. The van der Waals surface area contributed by atoms with Crippen LogP contribution < -0.4 is 22.9 Å². The molecule has 0 heterocycles. The Bertz CT molecular complexity index is 293. The van der Waals surface area contributed by atoms with E-state index in [1.54, 1.807) is 0 Å². The molecule has 0 aromatic heterocycles. The molecule has 14 heavy (non-hydrogen) atoms. The van der Waals surface area contributed by atoms with Crippen LogP contribution in [0.25, 0.3) is 0 Å². The number of urea groups is 1. The Balaban J connectivity index is 4.82. The number of carbonyl (C=O) groups excluding carboxylic acids is 1. The van der Waals surface area contributed by atoms with Crippen LogP contribution in [0.2, 0.25) is 0 Å². The first-order chi connectivity index (χ1) is 6.34. The Kier molecular flexibility index (Phi) is 4.31. The van der Waals surface area contributed by atoms with E-state index in [4.69, 9.17) is 17.2 Å². The van der Waals surface area contributed by atoms with Crippen molar-refractivity contribution in [3.8, 4) is 0 Å². The Morgan fingerprint density at radius 3 is 2.07 bits per heavy atom. The van der Waals surface area contributed by atoms with E-state index in [1.165, 1.54) is 0 Å². The Hall–Kier alpha value is -1.88. The summed E-state index contributed by atoms with van der Waals surface area (Å²) in [6.07, 6.45) is 0. The number of carbonyl (C=O) groups is 1. The molecule has 0 aliphatic heterocycles.